The number of rotatable bonds is 5. The Hall–Kier alpha value is -3.73. The molecule has 0 saturated carbocycles. The van der Waals surface area contributed by atoms with Crippen LogP contribution in [0.2, 0.25) is 0 Å². The second-order valence-electron chi connectivity index (χ2n) is 8.13. The Morgan fingerprint density at radius 2 is 1.82 bits per heavy atom. The Morgan fingerprint density at radius 1 is 1.15 bits per heavy atom. The number of hydrogen-bond donors (Lipinski definition) is 1. The van der Waals surface area contributed by atoms with E-state index < -0.39 is 28.8 Å². The van der Waals surface area contributed by atoms with Crippen LogP contribution in [-0.2, 0) is 25.3 Å². The number of nitrogens with zero attached hydrogens (tertiary/aromatic N) is 4. The lowest BCUT2D eigenvalue weighted by molar-refractivity contribution is -0.115. The number of nitrogens with one attached hydrogen (secondary N) is 1. The van der Waals surface area contributed by atoms with E-state index in [0.29, 0.717) is 11.2 Å². The van der Waals surface area contributed by atoms with Gasteiger partial charge in [0.25, 0.3) is 5.56 Å². The number of halogens is 2. The van der Waals surface area contributed by atoms with Crippen molar-refractivity contribution in [3.05, 3.63) is 73.5 Å². The second-order valence-corrected chi connectivity index (χ2v) is 8.99. The maximum absolute atomic E-state index is 14.4. The van der Waals surface area contributed by atoms with E-state index >= 15 is 0 Å². The fourth-order valence-corrected chi connectivity index (χ4v) is 4.52. The van der Waals surface area contributed by atoms with Gasteiger partial charge in [0.1, 0.15) is 11.6 Å². The minimum atomic E-state index is -0.651. The fraction of sp³-hybridized carbons (Fsp3) is 0.261. The Morgan fingerprint density at radius 3 is 2.47 bits per heavy atom. The van der Waals surface area contributed by atoms with Crippen LogP contribution in [0.15, 0.2) is 39.4 Å². The molecule has 0 aliphatic heterocycles. The van der Waals surface area contributed by atoms with Gasteiger partial charge in [-0.1, -0.05) is 13.8 Å². The summed E-state index contributed by atoms with van der Waals surface area (Å²) in [5.41, 5.74) is 0.159. The first-order chi connectivity index (χ1) is 16.1. The lowest BCUT2D eigenvalue weighted by Gasteiger charge is -2.10. The van der Waals surface area contributed by atoms with E-state index in [-0.39, 0.29) is 39.7 Å². The van der Waals surface area contributed by atoms with Crippen LogP contribution in [0.25, 0.3) is 22.2 Å². The summed E-state index contributed by atoms with van der Waals surface area (Å²) >= 11 is 1.10. The van der Waals surface area contributed by atoms with Crippen LogP contribution in [0.5, 0.6) is 0 Å². The maximum Gasteiger partial charge on any atom is 0.330 e. The van der Waals surface area contributed by atoms with Crippen LogP contribution < -0.4 is 16.6 Å². The molecule has 3 heterocycles. The summed E-state index contributed by atoms with van der Waals surface area (Å²) in [5, 5.41) is 4.62. The molecule has 0 bridgehead atoms. The number of anilines is 1. The molecule has 0 aliphatic rings. The molecule has 0 fully saturated rings. The largest absolute Gasteiger partial charge is 0.330 e. The van der Waals surface area contributed by atoms with Crippen LogP contribution in [0.3, 0.4) is 0 Å². The standard InChI is InChI=1S/C23H21F2N5O3S/c1-11(2)19-13(24)7-12(8-14(19)25)16-10-34-22(27-16)28-18(31)9-15-20-17(5-6-26-15)29(3)23(33)30(4)21(20)32/h5-8,10-11H,9H2,1-4H3,(H,27,28,31). The highest BCUT2D eigenvalue weighted by atomic mass is 32.1. The molecular weight excluding hydrogens is 464 g/mol. The smallest absolute Gasteiger partial charge is 0.302 e. The summed E-state index contributed by atoms with van der Waals surface area (Å²) in [5.74, 6) is -2.09. The SMILES string of the molecule is CC(C)c1c(F)cc(-c2csc(NC(=O)Cc3nccc4c3c(=O)n(C)c(=O)n4C)n2)cc1F. The third-order valence-electron chi connectivity index (χ3n) is 5.49. The van der Waals surface area contributed by atoms with Crippen LogP contribution in [0, 0.1) is 11.6 Å². The van der Waals surface area contributed by atoms with Gasteiger partial charge in [0.15, 0.2) is 5.13 Å². The first-order valence-corrected chi connectivity index (χ1v) is 11.2. The van der Waals surface area contributed by atoms with Gasteiger partial charge in [-0.3, -0.25) is 23.7 Å². The average molecular weight is 486 g/mol. The lowest BCUT2D eigenvalue weighted by Crippen LogP contribution is -2.37. The van der Waals surface area contributed by atoms with Gasteiger partial charge in [-0.15, -0.1) is 11.3 Å². The summed E-state index contributed by atoms with van der Waals surface area (Å²) in [4.78, 5) is 45.9. The zero-order chi connectivity index (χ0) is 24.7. The van der Waals surface area contributed by atoms with Crippen LogP contribution in [-0.4, -0.2) is 25.0 Å². The third kappa shape index (κ3) is 4.14. The molecule has 4 rings (SSSR count). The van der Waals surface area contributed by atoms with Crippen LogP contribution in [0.4, 0.5) is 13.9 Å². The number of benzene rings is 1. The molecule has 0 aliphatic carbocycles. The highest BCUT2D eigenvalue weighted by Gasteiger charge is 2.18. The summed E-state index contributed by atoms with van der Waals surface area (Å²) in [6.07, 6.45) is 1.20. The quantitative estimate of drug-likeness (QED) is 0.468. The van der Waals surface area contributed by atoms with E-state index in [1.165, 1.54) is 43.1 Å². The maximum atomic E-state index is 14.4. The van der Waals surface area contributed by atoms with Gasteiger partial charge in [-0.25, -0.2) is 18.6 Å². The number of pyridine rings is 1. The molecule has 0 unspecified atom stereocenters. The van der Waals surface area contributed by atoms with Crippen molar-refractivity contribution in [2.24, 2.45) is 14.1 Å². The van der Waals surface area contributed by atoms with E-state index in [9.17, 15) is 23.2 Å². The van der Waals surface area contributed by atoms with E-state index in [2.05, 4.69) is 15.3 Å². The predicted molar refractivity (Wildman–Crippen MR) is 126 cm³/mol. The Labute approximate surface area is 196 Å². The average Bonchev–Trinajstić information content (AvgIpc) is 3.23. The summed E-state index contributed by atoms with van der Waals surface area (Å²) < 4.78 is 31.0. The lowest BCUT2D eigenvalue weighted by atomic mass is 9.99. The Kier molecular flexibility index (Phi) is 6.13. The van der Waals surface area contributed by atoms with Gasteiger partial charge in [0, 0.05) is 36.8 Å². The van der Waals surface area contributed by atoms with Gasteiger partial charge < -0.3 is 5.32 Å². The molecule has 1 amide bonds. The van der Waals surface area contributed by atoms with Crippen molar-refractivity contribution >= 4 is 33.3 Å². The van der Waals surface area contributed by atoms with Crippen LogP contribution in [0.1, 0.15) is 31.0 Å². The first kappa shape index (κ1) is 23.4. The number of carbonyl (C=O) groups excluding carboxylic acids is 1. The zero-order valence-corrected chi connectivity index (χ0v) is 19.7. The topological polar surface area (TPSA) is 98.9 Å². The van der Waals surface area contributed by atoms with E-state index in [4.69, 9.17) is 0 Å². The summed E-state index contributed by atoms with van der Waals surface area (Å²) in [7, 11) is 2.89. The van der Waals surface area contributed by atoms with Crippen molar-refractivity contribution in [1.82, 2.24) is 19.1 Å². The number of thiazole rings is 1. The van der Waals surface area contributed by atoms with Gasteiger partial charge in [0.2, 0.25) is 5.91 Å². The minimum Gasteiger partial charge on any atom is -0.302 e. The van der Waals surface area contributed by atoms with Crippen molar-refractivity contribution in [3.63, 3.8) is 0 Å². The van der Waals surface area contributed by atoms with Crippen molar-refractivity contribution in [2.45, 2.75) is 26.2 Å². The molecule has 0 atom stereocenters. The molecule has 4 aromatic rings. The molecule has 176 valence electrons. The monoisotopic (exact) mass is 485 g/mol. The fourth-order valence-electron chi connectivity index (χ4n) is 3.79. The molecular formula is C23H21F2N5O3S. The van der Waals surface area contributed by atoms with Crippen LogP contribution >= 0.6 is 11.3 Å². The Balaban J connectivity index is 1.59. The van der Waals surface area contributed by atoms with Crippen molar-refractivity contribution in [3.8, 4) is 11.3 Å². The molecule has 1 aromatic carbocycles. The number of amides is 1. The van der Waals surface area contributed by atoms with Crippen molar-refractivity contribution < 1.29 is 13.6 Å². The molecule has 1 N–H and O–H groups in total. The molecule has 0 saturated heterocycles. The minimum absolute atomic E-state index is 0.0127. The number of fused-ring (bicyclic) bond motifs is 1. The number of hydrogen-bond acceptors (Lipinski definition) is 6. The van der Waals surface area contributed by atoms with Gasteiger partial charge in [0.05, 0.1) is 28.7 Å². The summed E-state index contributed by atoms with van der Waals surface area (Å²) in [6.45, 7) is 3.41. The van der Waals surface area contributed by atoms with Gasteiger partial charge in [-0.2, -0.15) is 0 Å². The normalized spacial score (nSPS) is 11.4. The molecule has 11 heteroatoms. The Bertz CT molecular complexity index is 1530. The summed E-state index contributed by atoms with van der Waals surface area (Å²) in [6, 6.07) is 3.98. The first-order valence-electron chi connectivity index (χ1n) is 10.4. The van der Waals surface area contributed by atoms with E-state index in [1.807, 2.05) is 0 Å². The van der Waals surface area contributed by atoms with Crippen molar-refractivity contribution in [1.29, 1.82) is 0 Å². The molecule has 0 radical (unpaired) electrons. The van der Waals surface area contributed by atoms with Crippen molar-refractivity contribution in [2.75, 3.05) is 5.32 Å². The van der Waals surface area contributed by atoms with E-state index in [0.717, 1.165) is 15.9 Å². The third-order valence-corrected chi connectivity index (χ3v) is 6.25. The van der Waals surface area contributed by atoms with Gasteiger partial charge >= 0.3 is 5.69 Å². The highest BCUT2D eigenvalue weighted by Crippen LogP contribution is 2.30. The molecule has 8 nitrogen and oxygen atoms in total. The number of carbonyl (C=O) groups is 1. The second kappa shape index (κ2) is 8.90. The van der Waals surface area contributed by atoms with Gasteiger partial charge in [-0.05, 0) is 24.1 Å². The van der Waals surface area contributed by atoms with E-state index in [1.54, 1.807) is 19.2 Å². The highest BCUT2D eigenvalue weighted by molar-refractivity contribution is 7.14. The molecule has 34 heavy (non-hydrogen) atoms. The predicted octanol–water partition coefficient (Wildman–Crippen LogP) is 3.34. The zero-order valence-electron chi connectivity index (χ0n) is 18.8. The molecule has 3 aromatic heterocycles. The number of aryl methyl sites for hydroxylation is 1. The molecule has 0 spiro atoms. The number of aromatic nitrogens is 4.